The van der Waals surface area contributed by atoms with Crippen LogP contribution in [-0.4, -0.2) is 35.8 Å². The number of carbonyl (C=O) groups is 2. The molecule has 1 aliphatic heterocycles. The van der Waals surface area contributed by atoms with Gasteiger partial charge in [-0.05, 0) is 56.2 Å². The highest BCUT2D eigenvalue weighted by Gasteiger charge is 2.24. The van der Waals surface area contributed by atoms with Gasteiger partial charge in [0, 0.05) is 46.1 Å². The second-order valence-electron chi connectivity index (χ2n) is 7.96. The molecule has 0 spiro atoms. The van der Waals surface area contributed by atoms with E-state index in [1.807, 2.05) is 48.2 Å². The SMILES string of the molecule is Cc1ccc(C(=O)N2CCC(NC(=O)/C=C/c3ccc(-c4ccccc4F)s3)CC2)cc1. The first-order valence-electron chi connectivity index (χ1n) is 10.7. The van der Waals surface area contributed by atoms with Gasteiger partial charge in [-0.3, -0.25) is 9.59 Å². The summed E-state index contributed by atoms with van der Waals surface area (Å²) in [5.41, 5.74) is 2.39. The summed E-state index contributed by atoms with van der Waals surface area (Å²) in [4.78, 5) is 28.5. The summed E-state index contributed by atoms with van der Waals surface area (Å²) >= 11 is 1.44. The van der Waals surface area contributed by atoms with Gasteiger partial charge in [0.05, 0.1) is 0 Å². The van der Waals surface area contributed by atoms with E-state index in [1.54, 1.807) is 24.3 Å². The van der Waals surface area contributed by atoms with Gasteiger partial charge in [-0.2, -0.15) is 0 Å². The van der Waals surface area contributed by atoms with Crippen molar-refractivity contribution in [1.82, 2.24) is 10.2 Å². The van der Waals surface area contributed by atoms with Crippen LogP contribution < -0.4 is 5.32 Å². The van der Waals surface area contributed by atoms with Crippen LogP contribution in [0.3, 0.4) is 0 Å². The van der Waals surface area contributed by atoms with E-state index in [2.05, 4.69) is 5.32 Å². The fourth-order valence-electron chi connectivity index (χ4n) is 3.76. The van der Waals surface area contributed by atoms with Gasteiger partial charge < -0.3 is 10.2 Å². The average molecular weight is 449 g/mol. The lowest BCUT2D eigenvalue weighted by Crippen LogP contribution is -2.46. The zero-order valence-corrected chi connectivity index (χ0v) is 18.7. The summed E-state index contributed by atoms with van der Waals surface area (Å²) in [6.07, 6.45) is 4.72. The van der Waals surface area contributed by atoms with E-state index in [0.29, 0.717) is 24.2 Å². The normalized spacial score (nSPS) is 14.6. The minimum absolute atomic E-state index is 0.0398. The van der Waals surface area contributed by atoms with Crippen LogP contribution in [0, 0.1) is 12.7 Å². The van der Waals surface area contributed by atoms with Crippen molar-refractivity contribution < 1.29 is 14.0 Å². The summed E-state index contributed by atoms with van der Waals surface area (Å²) < 4.78 is 13.9. The molecule has 0 atom stereocenters. The van der Waals surface area contributed by atoms with Gasteiger partial charge in [-0.1, -0.05) is 35.9 Å². The first kappa shape index (κ1) is 22.0. The predicted octanol–water partition coefficient (Wildman–Crippen LogP) is 5.30. The van der Waals surface area contributed by atoms with Crippen LogP contribution in [0.15, 0.2) is 66.7 Å². The van der Waals surface area contributed by atoms with E-state index in [1.165, 1.54) is 23.5 Å². The first-order valence-corrected chi connectivity index (χ1v) is 11.5. The van der Waals surface area contributed by atoms with Gasteiger partial charge in [-0.25, -0.2) is 4.39 Å². The highest BCUT2D eigenvalue weighted by molar-refractivity contribution is 7.16. The van der Waals surface area contributed by atoms with Crippen LogP contribution in [0.25, 0.3) is 16.5 Å². The van der Waals surface area contributed by atoms with E-state index in [0.717, 1.165) is 28.2 Å². The van der Waals surface area contributed by atoms with Crippen LogP contribution in [0.1, 0.15) is 33.6 Å². The maximum absolute atomic E-state index is 13.9. The Kier molecular flexibility index (Phi) is 6.81. The Bertz CT molecular complexity index is 1130. The summed E-state index contributed by atoms with van der Waals surface area (Å²) in [5.74, 6) is -0.373. The number of rotatable bonds is 5. The molecular formula is C26H25FN2O2S. The maximum Gasteiger partial charge on any atom is 0.253 e. The zero-order valence-electron chi connectivity index (χ0n) is 17.9. The molecule has 0 bridgehead atoms. The number of nitrogens with zero attached hydrogens (tertiary/aromatic N) is 1. The lowest BCUT2D eigenvalue weighted by atomic mass is 10.0. The van der Waals surface area contributed by atoms with Crippen molar-refractivity contribution in [2.24, 2.45) is 0 Å². The van der Waals surface area contributed by atoms with Crippen LogP contribution >= 0.6 is 11.3 Å². The number of nitrogens with one attached hydrogen (secondary N) is 1. The van der Waals surface area contributed by atoms with E-state index >= 15 is 0 Å². The molecule has 4 nitrogen and oxygen atoms in total. The predicted molar refractivity (Wildman–Crippen MR) is 127 cm³/mol. The largest absolute Gasteiger partial charge is 0.350 e. The number of piperidine rings is 1. The molecule has 164 valence electrons. The van der Waals surface area contributed by atoms with Crippen molar-refractivity contribution in [2.45, 2.75) is 25.8 Å². The third-order valence-electron chi connectivity index (χ3n) is 5.59. The molecule has 1 fully saturated rings. The molecule has 0 radical (unpaired) electrons. The Morgan fingerprint density at radius 2 is 1.75 bits per heavy atom. The Hall–Kier alpha value is -3.25. The van der Waals surface area contributed by atoms with Crippen molar-refractivity contribution in [2.75, 3.05) is 13.1 Å². The molecule has 2 aromatic carbocycles. The molecule has 1 N–H and O–H groups in total. The Labute approximate surface area is 191 Å². The van der Waals surface area contributed by atoms with Gasteiger partial charge in [0.15, 0.2) is 0 Å². The quantitative estimate of drug-likeness (QED) is 0.539. The first-order chi connectivity index (χ1) is 15.5. The second-order valence-corrected chi connectivity index (χ2v) is 9.07. The molecule has 2 amide bonds. The molecule has 0 aliphatic carbocycles. The number of thiophene rings is 1. The molecule has 4 rings (SSSR count). The molecule has 32 heavy (non-hydrogen) atoms. The van der Waals surface area contributed by atoms with Gasteiger partial charge in [-0.15, -0.1) is 11.3 Å². The van der Waals surface area contributed by atoms with Crippen LogP contribution in [0.5, 0.6) is 0 Å². The third kappa shape index (κ3) is 5.32. The number of aryl methyl sites for hydroxylation is 1. The molecule has 1 aromatic heterocycles. The van der Waals surface area contributed by atoms with Crippen LogP contribution in [0.4, 0.5) is 4.39 Å². The fraction of sp³-hybridized carbons (Fsp3) is 0.231. The number of carbonyl (C=O) groups excluding carboxylic acids is 2. The van der Waals surface area contributed by atoms with Gasteiger partial charge in [0.1, 0.15) is 5.82 Å². The number of halogens is 1. The number of likely N-dealkylation sites (tertiary alicyclic amines) is 1. The van der Waals surface area contributed by atoms with Crippen molar-refractivity contribution in [3.05, 3.63) is 88.6 Å². The zero-order chi connectivity index (χ0) is 22.5. The third-order valence-corrected chi connectivity index (χ3v) is 6.68. The molecule has 1 saturated heterocycles. The lowest BCUT2D eigenvalue weighted by molar-refractivity contribution is -0.117. The molecule has 6 heteroatoms. The van der Waals surface area contributed by atoms with Crippen LogP contribution in [-0.2, 0) is 4.79 Å². The number of amides is 2. The highest BCUT2D eigenvalue weighted by atomic mass is 32.1. The van der Waals surface area contributed by atoms with E-state index in [4.69, 9.17) is 0 Å². The number of hydrogen-bond acceptors (Lipinski definition) is 3. The fourth-order valence-corrected chi connectivity index (χ4v) is 4.70. The highest BCUT2D eigenvalue weighted by Crippen LogP contribution is 2.30. The lowest BCUT2D eigenvalue weighted by Gasteiger charge is -2.32. The monoisotopic (exact) mass is 448 g/mol. The molecule has 3 aromatic rings. The number of hydrogen-bond donors (Lipinski definition) is 1. The maximum atomic E-state index is 13.9. The van der Waals surface area contributed by atoms with Crippen LogP contribution in [0.2, 0.25) is 0 Å². The Balaban J connectivity index is 1.27. The second kappa shape index (κ2) is 9.92. The molecule has 0 saturated carbocycles. The van der Waals surface area contributed by atoms with E-state index in [-0.39, 0.29) is 23.7 Å². The topological polar surface area (TPSA) is 49.4 Å². The van der Waals surface area contributed by atoms with Gasteiger partial charge >= 0.3 is 0 Å². The molecule has 1 aliphatic rings. The summed E-state index contributed by atoms with van der Waals surface area (Å²) in [6.45, 7) is 3.24. The summed E-state index contributed by atoms with van der Waals surface area (Å²) in [6, 6.07) is 18.1. The van der Waals surface area contributed by atoms with E-state index in [9.17, 15) is 14.0 Å². The smallest absolute Gasteiger partial charge is 0.253 e. The molecule has 2 heterocycles. The Morgan fingerprint density at radius 1 is 1.03 bits per heavy atom. The van der Waals surface area contributed by atoms with Gasteiger partial charge in [0.2, 0.25) is 5.91 Å². The van der Waals surface area contributed by atoms with Gasteiger partial charge in [0.25, 0.3) is 5.91 Å². The van der Waals surface area contributed by atoms with Crippen molar-refractivity contribution >= 4 is 29.2 Å². The summed E-state index contributed by atoms with van der Waals surface area (Å²) in [5, 5.41) is 3.02. The summed E-state index contributed by atoms with van der Waals surface area (Å²) in [7, 11) is 0. The van der Waals surface area contributed by atoms with Crippen molar-refractivity contribution in [3.8, 4) is 10.4 Å². The average Bonchev–Trinajstić information content (AvgIpc) is 3.27. The van der Waals surface area contributed by atoms with Crippen molar-refractivity contribution in [1.29, 1.82) is 0 Å². The number of benzene rings is 2. The standard InChI is InChI=1S/C26H25FN2O2S/c1-18-6-8-19(9-7-18)26(31)29-16-14-20(15-17-29)28-25(30)13-11-21-10-12-24(32-21)22-4-2-3-5-23(22)27/h2-13,20H,14-17H2,1H3,(H,28,30)/b13-11+. The molecule has 0 unspecified atom stereocenters. The Morgan fingerprint density at radius 3 is 2.47 bits per heavy atom. The minimum atomic E-state index is -0.255. The minimum Gasteiger partial charge on any atom is -0.350 e. The van der Waals surface area contributed by atoms with Crippen molar-refractivity contribution in [3.63, 3.8) is 0 Å². The molecular weight excluding hydrogens is 423 g/mol. The van der Waals surface area contributed by atoms with E-state index < -0.39 is 0 Å².